The van der Waals surface area contributed by atoms with E-state index >= 15 is 0 Å². The number of halogens is 1. The third-order valence-corrected chi connectivity index (χ3v) is 8.78. The Kier molecular flexibility index (Phi) is 10.4. The molecule has 1 aliphatic heterocycles. The van der Waals surface area contributed by atoms with E-state index in [0.29, 0.717) is 70.7 Å². The number of piperazine rings is 1. The predicted molar refractivity (Wildman–Crippen MR) is 183 cm³/mol. The first-order valence-electron chi connectivity index (χ1n) is 14.6. The molecule has 0 aliphatic carbocycles. The summed E-state index contributed by atoms with van der Waals surface area (Å²) in [6.45, 7) is 8.20. The number of aromatic nitrogens is 3. The summed E-state index contributed by atoms with van der Waals surface area (Å²) in [5.74, 6) is 1.26. The fraction of sp³-hybridized carbons (Fsp3) is 0.281. The number of amides is 2. The zero-order valence-corrected chi connectivity index (χ0v) is 27.4. The maximum atomic E-state index is 13.0. The van der Waals surface area contributed by atoms with Gasteiger partial charge in [-0.05, 0) is 42.8 Å². The molecule has 1 aliphatic rings. The zero-order valence-electron chi connectivity index (χ0n) is 25.8. The fourth-order valence-corrected chi connectivity index (χ4v) is 5.99. The molecule has 1 fully saturated rings. The Balaban J connectivity index is 1.38. The maximum Gasteiger partial charge on any atom is 0.267 e. The van der Waals surface area contributed by atoms with Crippen molar-refractivity contribution in [1.82, 2.24) is 19.9 Å². The van der Waals surface area contributed by atoms with E-state index in [-0.39, 0.29) is 18.4 Å². The number of aliphatic hydroxyl groups excluding tert-OH is 1. The van der Waals surface area contributed by atoms with E-state index in [0.717, 1.165) is 22.6 Å². The van der Waals surface area contributed by atoms with Crippen molar-refractivity contribution in [3.8, 4) is 17.0 Å². The lowest BCUT2D eigenvalue weighted by molar-refractivity contribution is -0.126. The van der Waals surface area contributed by atoms with Crippen LogP contribution in [-0.2, 0) is 4.79 Å². The van der Waals surface area contributed by atoms with Crippen molar-refractivity contribution in [2.45, 2.75) is 6.92 Å². The molecule has 0 radical (unpaired) electrons. The van der Waals surface area contributed by atoms with Crippen molar-refractivity contribution < 1.29 is 19.4 Å². The molecule has 46 heavy (non-hydrogen) atoms. The highest BCUT2D eigenvalue weighted by molar-refractivity contribution is 7.17. The highest BCUT2D eigenvalue weighted by Gasteiger charge is 2.24. The van der Waals surface area contributed by atoms with Gasteiger partial charge in [-0.2, -0.15) is 0 Å². The number of anilines is 5. The van der Waals surface area contributed by atoms with E-state index in [2.05, 4.69) is 27.1 Å². The van der Waals surface area contributed by atoms with Gasteiger partial charge in [-0.25, -0.2) is 15.0 Å². The summed E-state index contributed by atoms with van der Waals surface area (Å²) in [7, 11) is 3.45. The van der Waals surface area contributed by atoms with Crippen LogP contribution in [0.15, 0.2) is 61.4 Å². The number of rotatable bonds is 11. The second kappa shape index (κ2) is 14.6. The molecular formula is C32H35ClN8O4S. The van der Waals surface area contributed by atoms with Gasteiger partial charge in [0.15, 0.2) is 22.5 Å². The second-order valence-electron chi connectivity index (χ2n) is 10.5. The van der Waals surface area contributed by atoms with Gasteiger partial charge < -0.3 is 35.2 Å². The lowest BCUT2D eigenvalue weighted by Crippen LogP contribution is -2.49. The number of benzene rings is 1. The monoisotopic (exact) mass is 662 g/mol. The number of nitrogens with one attached hydrogen (secondary N) is 2. The average Bonchev–Trinajstić information content (AvgIpc) is 3.54. The largest absolute Gasteiger partial charge is 0.493 e. The molecule has 0 bridgehead atoms. The van der Waals surface area contributed by atoms with E-state index in [4.69, 9.17) is 26.3 Å². The third kappa shape index (κ3) is 7.22. The molecule has 3 N–H and O–H groups in total. The van der Waals surface area contributed by atoms with Crippen LogP contribution in [0.5, 0.6) is 5.75 Å². The Labute approximate surface area is 276 Å². The van der Waals surface area contributed by atoms with Gasteiger partial charge in [0.2, 0.25) is 5.91 Å². The number of nitrogens with zero attached hydrogens (tertiary/aromatic N) is 6. The minimum atomic E-state index is -0.324. The Bertz CT molecular complexity index is 1720. The summed E-state index contributed by atoms with van der Waals surface area (Å²) in [6.07, 6.45) is 4.58. The van der Waals surface area contributed by atoms with Crippen molar-refractivity contribution in [2.75, 3.05) is 73.9 Å². The number of carbonyl (C=O) groups excluding carboxylic acids is 2. The van der Waals surface area contributed by atoms with Crippen molar-refractivity contribution in [3.63, 3.8) is 0 Å². The minimum Gasteiger partial charge on any atom is -0.493 e. The van der Waals surface area contributed by atoms with Crippen LogP contribution in [0.3, 0.4) is 0 Å². The second-order valence-corrected chi connectivity index (χ2v) is 12.0. The summed E-state index contributed by atoms with van der Waals surface area (Å²) in [5, 5.41) is 16.6. The van der Waals surface area contributed by atoms with Crippen LogP contribution in [0.4, 0.5) is 28.1 Å². The summed E-state index contributed by atoms with van der Waals surface area (Å²) < 4.78 is 5.56. The summed E-state index contributed by atoms with van der Waals surface area (Å²) in [4.78, 5) is 45.3. The molecule has 240 valence electrons. The van der Waals surface area contributed by atoms with Crippen LogP contribution in [0.25, 0.3) is 11.3 Å². The Morgan fingerprint density at radius 2 is 1.96 bits per heavy atom. The number of aliphatic hydroxyl groups is 1. The SMILES string of the molecule is C=CC(=O)N1CCN(c2ncc(-c3ccc(OC)c(Nc4ncc(C(=O)Nc5c(C)cccc5Cl)s4)n3)cc2N(C)CCO)CC1. The quantitative estimate of drug-likeness (QED) is 0.192. The molecule has 0 atom stereocenters. The standard InChI is InChI=1S/C32H35ClN8O4S/c1-5-27(43)40-11-13-41(14-12-40)30-24(39(3)15-16-42)17-21(18-34-30)23-9-10-25(45-4)29(36-23)38-32-35-19-26(46-32)31(44)37-28-20(2)7-6-8-22(28)33/h5-10,17-19,42H,1,11-16H2,2-4H3,(H,37,44)(H,35,36,38). The lowest BCUT2D eigenvalue weighted by Gasteiger charge is -2.37. The van der Waals surface area contributed by atoms with Gasteiger partial charge in [0.1, 0.15) is 4.88 Å². The lowest BCUT2D eigenvalue weighted by atomic mass is 10.1. The van der Waals surface area contributed by atoms with Crippen molar-refractivity contribution in [1.29, 1.82) is 0 Å². The molecule has 1 saturated heterocycles. The molecule has 2 amide bonds. The molecule has 4 aromatic rings. The smallest absolute Gasteiger partial charge is 0.267 e. The van der Waals surface area contributed by atoms with E-state index in [1.54, 1.807) is 30.3 Å². The molecule has 5 rings (SSSR count). The first kappa shape index (κ1) is 32.7. The number of carbonyl (C=O) groups is 2. The predicted octanol–water partition coefficient (Wildman–Crippen LogP) is 4.83. The summed E-state index contributed by atoms with van der Waals surface area (Å²) in [6, 6.07) is 11.0. The Morgan fingerprint density at radius 3 is 2.65 bits per heavy atom. The Morgan fingerprint density at radius 1 is 1.17 bits per heavy atom. The number of thiazole rings is 1. The van der Waals surface area contributed by atoms with Gasteiger partial charge in [-0.15, -0.1) is 0 Å². The zero-order chi connectivity index (χ0) is 32.8. The number of hydrogen-bond donors (Lipinski definition) is 3. The number of para-hydroxylation sites is 1. The minimum absolute atomic E-state index is 0.0253. The molecule has 0 unspecified atom stereocenters. The van der Waals surface area contributed by atoms with Gasteiger partial charge in [0, 0.05) is 51.5 Å². The van der Waals surface area contributed by atoms with E-state index < -0.39 is 0 Å². The maximum absolute atomic E-state index is 13.0. The van der Waals surface area contributed by atoms with Gasteiger partial charge in [-0.3, -0.25) is 9.59 Å². The van der Waals surface area contributed by atoms with E-state index in [9.17, 15) is 14.7 Å². The molecule has 0 spiro atoms. The number of methoxy groups -OCH3 is 1. The van der Waals surface area contributed by atoms with Crippen molar-refractivity contribution >= 4 is 62.9 Å². The van der Waals surface area contributed by atoms with Crippen LogP contribution in [0, 0.1) is 6.92 Å². The van der Waals surface area contributed by atoms with Gasteiger partial charge in [0.25, 0.3) is 5.91 Å². The average molecular weight is 663 g/mol. The van der Waals surface area contributed by atoms with Crippen LogP contribution in [-0.4, -0.2) is 90.3 Å². The molecule has 14 heteroatoms. The first-order valence-corrected chi connectivity index (χ1v) is 15.7. The van der Waals surface area contributed by atoms with E-state index in [1.807, 2.05) is 43.1 Å². The highest BCUT2D eigenvalue weighted by Crippen LogP contribution is 2.35. The summed E-state index contributed by atoms with van der Waals surface area (Å²) >= 11 is 7.46. The summed E-state index contributed by atoms with van der Waals surface area (Å²) in [5.41, 5.74) is 3.62. The molecule has 0 saturated carbocycles. The number of likely N-dealkylation sites (N-methyl/N-ethyl adjacent to an activating group) is 1. The van der Waals surface area contributed by atoms with Gasteiger partial charge >= 0.3 is 0 Å². The van der Waals surface area contributed by atoms with Crippen molar-refractivity contribution in [2.24, 2.45) is 0 Å². The van der Waals surface area contributed by atoms with Crippen LogP contribution in [0.2, 0.25) is 5.02 Å². The normalized spacial score (nSPS) is 12.9. The molecular weight excluding hydrogens is 628 g/mol. The fourth-order valence-electron chi connectivity index (χ4n) is 5.01. The van der Waals surface area contributed by atoms with Crippen LogP contribution >= 0.6 is 22.9 Å². The molecule has 4 heterocycles. The third-order valence-electron chi connectivity index (χ3n) is 7.55. The molecule has 1 aromatic carbocycles. The van der Waals surface area contributed by atoms with Gasteiger partial charge in [-0.1, -0.05) is 41.6 Å². The van der Waals surface area contributed by atoms with Crippen LogP contribution < -0.4 is 25.2 Å². The first-order chi connectivity index (χ1) is 22.2. The van der Waals surface area contributed by atoms with E-state index in [1.165, 1.54) is 23.6 Å². The number of hydrogen-bond acceptors (Lipinski definition) is 11. The topological polar surface area (TPSA) is 136 Å². The highest BCUT2D eigenvalue weighted by atomic mass is 35.5. The van der Waals surface area contributed by atoms with Gasteiger partial charge in [0.05, 0.1) is 42.0 Å². The number of aryl methyl sites for hydroxylation is 1. The Hall–Kier alpha value is -4.72. The molecule has 3 aromatic heterocycles. The molecule has 12 nitrogen and oxygen atoms in total. The number of pyridine rings is 2. The number of ether oxygens (including phenoxy) is 1. The van der Waals surface area contributed by atoms with Crippen molar-refractivity contribution in [3.05, 3.63) is 76.9 Å². The van der Waals surface area contributed by atoms with Crippen LogP contribution in [0.1, 0.15) is 15.2 Å².